The van der Waals surface area contributed by atoms with Crippen LogP contribution in [0, 0.1) is 0 Å². The van der Waals surface area contributed by atoms with E-state index in [9.17, 15) is 4.79 Å². The zero-order valence-electron chi connectivity index (χ0n) is 12.5. The summed E-state index contributed by atoms with van der Waals surface area (Å²) in [5.74, 6) is 0.698. The highest BCUT2D eigenvalue weighted by atomic mass is 32.1. The van der Waals surface area contributed by atoms with Crippen LogP contribution in [0.1, 0.15) is 26.2 Å². The molecule has 21 heavy (non-hydrogen) atoms. The molecular formula is C15H22N2O3S. The first-order valence-electron chi connectivity index (χ1n) is 6.98. The molecule has 0 fully saturated rings. The van der Waals surface area contributed by atoms with Gasteiger partial charge in [-0.05, 0) is 42.9 Å². The molecule has 1 rings (SSSR count). The maximum Gasteiger partial charge on any atom is 0.226 e. The molecule has 0 aliphatic rings. The predicted octanol–water partition coefficient (Wildman–Crippen LogP) is 2.72. The molecule has 0 unspecified atom stereocenters. The standard InChI is InChI=1S/C15H22N2O3S/c1-3-4-5-14(18)17-15(21)16-12-6-8-13(9-7-12)20-11-10-19-2/h6-9H,3-5,10-11H2,1-2H3,(H2,16,17,18,21). The number of unbranched alkanes of at least 4 members (excludes halogenated alkanes) is 1. The second-order valence-electron chi connectivity index (χ2n) is 4.47. The highest BCUT2D eigenvalue weighted by Gasteiger charge is 2.04. The van der Waals surface area contributed by atoms with Crippen molar-refractivity contribution in [2.75, 3.05) is 25.6 Å². The van der Waals surface area contributed by atoms with Crippen LogP contribution in [0.4, 0.5) is 5.69 Å². The summed E-state index contributed by atoms with van der Waals surface area (Å²) in [5, 5.41) is 5.93. The first-order valence-corrected chi connectivity index (χ1v) is 7.39. The Kier molecular flexibility index (Phi) is 8.38. The number of hydrogen-bond acceptors (Lipinski definition) is 4. The average molecular weight is 310 g/mol. The molecule has 0 aromatic heterocycles. The van der Waals surface area contributed by atoms with Gasteiger partial charge in [0.1, 0.15) is 12.4 Å². The molecule has 1 amide bonds. The number of amides is 1. The van der Waals surface area contributed by atoms with Crippen LogP contribution in [0.3, 0.4) is 0 Å². The van der Waals surface area contributed by atoms with Crippen molar-refractivity contribution in [3.63, 3.8) is 0 Å². The van der Waals surface area contributed by atoms with Gasteiger partial charge in [-0.3, -0.25) is 4.79 Å². The summed E-state index contributed by atoms with van der Waals surface area (Å²) in [4.78, 5) is 11.5. The van der Waals surface area contributed by atoms with E-state index in [0.29, 0.717) is 24.7 Å². The summed E-state index contributed by atoms with van der Waals surface area (Å²) in [5.41, 5.74) is 0.801. The second-order valence-corrected chi connectivity index (χ2v) is 4.88. The third-order valence-electron chi connectivity index (χ3n) is 2.68. The summed E-state index contributed by atoms with van der Waals surface area (Å²) < 4.78 is 10.4. The van der Waals surface area contributed by atoms with Crippen molar-refractivity contribution in [3.05, 3.63) is 24.3 Å². The number of methoxy groups -OCH3 is 1. The van der Waals surface area contributed by atoms with E-state index in [-0.39, 0.29) is 5.91 Å². The zero-order valence-corrected chi connectivity index (χ0v) is 13.3. The molecule has 0 saturated heterocycles. The van der Waals surface area contributed by atoms with Crippen LogP contribution in [0.5, 0.6) is 5.75 Å². The van der Waals surface area contributed by atoms with Crippen molar-refractivity contribution in [1.29, 1.82) is 0 Å². The highest BCUT2D eigenvalue weighted by molar-refractivity contribution is 7.80. The lowest BCUT2D eigenvalue weighted by atomic mass is 10.2. The second kappa shape index (κ2) is 10.1. The molecule has 0 aliphatic carbocycles. The van der Waals surface area contributed by atoms with E-state index >= 15 is 0 Å². The van der Waals surface area contributed by atoms with E-state index in [1.54, 1.807) is 7.11 Å². The van der Waals surface area contributed by atoms with Crippen LogP contribution >= 0.6 is 12.2 Å². The van der Waals surface area contributed by atoms with E-state index < -0.39 is 0 Å². The van der Waals surface area contributed by atoms with Crippen LogP contribution in [0.25, 0.3) is 0 Å². The molecule has 6 heteroatoms. The first-order chi connectivity index (χ1) is 10.2. The lowest BCUT2D eigenvalue weighted by Crippen LogP contribution is -2.33. The fourth-order valence-electron chi connectivity index (χ4n) is 1.57. The van der Waals surface area contributed by atoms with E-state index in [2.05, 4.69) is 10.6 Å². The molecule has 0 atom stereocenters. The van der Waals surface area contributed by atoms with E-state index in [1.807, 2.05) is 31.2 Å². The van der Waals surface area contributed by atoms with Crippen molar-refractivity contribution in [3.8, 4) is 5.75 Å². The van der Waals surface area contributed by atoms with Crippen molar-refractivity contribution in [2.45, 2.75) is 26.2 Å². The lowest BCUT2D eigenvalue weighted by Gasteiger charge is -2.10. The van der Waals surface area contributed by atoms with Gasteiger partial charge in [0, 0.05) is 19.2 Å². The summed E-state index contributed by atoms with van der Waals surface area (Å²) >= 11 is 5.09. The Morgan fingerprint density at radius 1 is 1.24 bits per heavy atom. The Hall–Kier alpha value is -1.66. The topological polar surface area (TPSA) is 59.6 Å². The normalized spacial score (nSPS) is 10.0. The Morgan fingerprint density at radius 2 is 1.95 bits per heavy atom. The van der Waals surface area contributed by atoms with Crippen molar-refractivity contribution in [2.24, 2.45) is 0 Å². The van der Waals surface area contributed by atoms with Gasteiger partial charge in [0.15, 0.2) is 5.11 Å². The quantitative estimate of drug-likeness (QED) is 0.571. The molecule has 1 aromatic carbocycles. The Morgan fingerprint density at radius 3 is 2.57 bits per heavy atom. The third-order valence-corrected chi connectivity index (χ3v) is 2.88. The number of benzene rings is 1. The largest absolute Gasteiger partial charge is 0.491 e. The van der Waals surface area contributed by atoms with Gasteiger partial charge in [-0.25, -0.2) is 0 Å². The maximum absolute atomic E-state index is 11.5. The summed E-state index contributed by atoms with van der Waals surface area (Å²) in [6.07, 6.45) is 2.34. The van der Waals surface area contributed by atoms with Crippen LogP contribution in [-0.2, 0) is 9.53 Å². The van der Waals surface area contributed by atoms with Crippen LogP contribution < -0.4 is 15.4 Å². The average Bonchev–Trinajstić information content (AvgIpc) is 2.47. The van der Waals surface area contributed by atoms with Gasteiger partial charge in [0.25, 0.3) is 0 Å². The van der Waals surface area contributed by atoms with Gasteiger partial charge in [-0.1, -0.05) is 13.3 Å². The summed E-state index contributed by atoms with van der Waals surface area (Å²) in [6.45, 7) is 3.10. The molecule has 0 heterocycles. The maximum atomic E-state index is 11.5. The Balaban J connectivity index is 2.37. The number of carbonyl (C=O) groups is 1. The van der Waals surface area contributed by atoms with Crippen LogP contribution in [0.2, 0.25) is 0 Å². The molecule has 5 nitrogen and oxygen atoms in total. The Bertz CT molecular complexity index is 449. The van der Waals surface area contributed by atoms with Crippen molar-refractivity contribution < 1.29 is 14.3 Å². The highest BCUT2D eigenvalue weighted by Crippen LogP contribution is 2.15. The fourth-order valence-corrected chi connectivity index (χ4v) is 1.80. The van der Waals surface area contributed by atoms with Gasteiger partial charge < -0.3 is 20.1 Å². The van der Waals surface area contributed by atoms with Crippen LogP contribution in [0.15, 0.2) is 24.3 Å². The summed E-state index contributed by atoms with van der Waals surface area (Å²) in [7, 11) is 1.63. The number of thiocarbonyl (C=S) groups is 1. The molecule has 116 valence electrons. The van der Waals surface area contributed by atoms with Gasteiger partial charge in [-0.15, -0.1) is 0 Å². The van der Waals surface area contributed by atoms with E-state index in [4.69, 9.17) is 21.7 Å². The van der Waals surface area contributed by atoms with Gasteiger partial charge in [-0.2, -0.15) is 0 Å². The molecule has 1 aromatic rings. The number of carbonyl (C=O) groups excluding carboxylic acids is 1. The monoisotopic (exact) mass is 310 g/mol. The van der Waals surface area contributed by atoms with E-state index in [1.165, 1.54) is 0 Å². The summed E-state index contributed by atoms with van der Waals surface area (Å²) in [6, 6.07) is 7.35. The molecule has 0 saturated carbocycles. The fraction of sp³-hybridized carbons (Fsp3) is 0.467. The molecule has 0 radical (unpaired) electrons. The minimum atomic E-state index is -0.0612. The molecule has 2 N–H and O–H groups in total. The van der Waals surface area contributed by atoms with Gasteiger partial charge >= 0.3 is 0 Å². The minimum Gasteiger partial charge on any atom is -0.491 e. The number of anilines is 1. The number of nitrogens with one attached hydrogen (secondary N) is 2. The third kappa shape index (κ3) is 7.63. The number of hydrogen-bond donors (Lipinski definition) is 2. The number of rotatable bonds is 8. The minimum absolute atomic E-state index is 0.0612. The SMILES string of the molecule is CCCCC(=O)NC(=S)Nc1ccc(OCCOC)cc1. The number of ether oxygens (including phenoxy) is 2. The van der Waals surface area contributed by atoms with Crippen molar-refractivity contribution >= 4 is 28.9 Å². The smallest absolute Gasteiger partial charge is 0.226 e. The first kappa shape index (κ1) is 17.4. The molecule has 0 aliphatic heterocycles. The predicted molar refractivity (Wildman–Crippen MR) is 87.7 cm³/mol. The zero-order chi connectivity index (χ0) is 15.5. The van der Waals surface area contributed by atoms with Gasteiger partial charge in [0.2, 0.25) is 5.91 Å². The van der Waals surface area contributed by atoms with Crippen LogP contribution in [-0.4, -0.2) is 31.3 Å². The molecule has 0 bridgehead atoms. The lowest BCUT2D eigenvalue weighted by molar-refractivity contribution is -0.119. The van der Waals surface area contributed by atoms with Gasteiger partial charge in [0.05, 0.1) is 6.61 Å². The Labute approximate surface area is 131 Å². The van der Waals surface area contributed by atoms with Crippen molar-refractivity contribution in [1.82, 2.24) is 5.32 Å². The van der Waals surface area contributed by atoms with E-state index in [0.717, 1.165) is 24.3 Å². The molecule has 0 spiro atoms. The molecular weight excluding hydrogens is 288 g/mol.